The van der Waals surface area contributed by atoms with Crippen LogP contribution in [0.3, 0.4) is 0 Å². The van der Waals surface area contributed by atoms with Crippen molar-refractivity contribution < 1.29 is 14.0 Å². The highest BCUT2D eigenvalue weighted by molar-refractivity contribution is 6.77. The van der Waals surface area contributed by atoms with Crippen LogP contribution in [0.5, 0.6) is 0 Å². The van der Waals surface area contributed by atoms with E-state index < -0.39 is 8.32 Å². The first kappa shape index (κ1) is 20.3. The molecule has 1 fully saturated rings. The van der Waals surface area contributed by atoms with Gasteiger partial charge in [0.1, 0.15) is 6.10 Å². The molecule has 25 heavy (non-hydrogen) atoms. The Morgan fingerprint density at radius 1 is 1.00 bits per heavy atom. The molecule has 2 rings (SSSR count). The maximum absolute atomic E-state index is 12.4. The lowest BCUT2D eigenvalue weighted by atomic mass is 10.2. The van der Waals surface area contributed by atoms with Gasteiger partial charge in [0.25, 0.3) is 0 Å². The van der Waals surface area contributed by atoms with E-state index in [1.165, 1.54) is 0 Å². The Labute approximate surface area is 154 Å². The van der Waals surface area contributed by atoms with Crippen molar-refractivity contribution in [1.29, 1.82) is 0 Å². The fourth-order valence-corrected chi connectivity index (χ4v) is 10.1. The third kappa shape index (κ3) is 4.60. The van der Waals surface area contributed by atoms with Crippen LogP contribution in [0.15, 0.2) is 30.3 Å². The lowest BCUT2D eigenvalue weighted by Crippen LogP contribution is -2.50. The first-order valence-corrected chi connectivity index (χ1v) is 11.8. The Bertz CT molecular complexity index is 532. The van der Waals surface area contributed by atoms with Crippen molar-refractivity contribution in [1.82, 2.24) is 0 Å². The topological polar surface area (TPSA) is 35.5 Å². The number of carbonyl (C=O) groups excluding carboxylic acids is 1. The summed E-state index contributed by atoms with van der Waals surface area (Å²) < 4.78 is 12.7. The molecule has 1 aliphatic carbocycles. The molecule has 2 unspecified atom stereocenters. The SMILES string of the molecule is CC(C)[Si](OC1CC(=O)C(OCc2ccccc2)C1)(C(C)C)C(C)C. The summed E-state index contributed by atoms with van der Waals surface area (Å²) in [6.45, 7) is 14.2. The van der Waals surface area contributed by atoms with Gasteiger partial charge in [-0.25, -0.2) is 0 Å². The maximum atomic E-state index is 12.4. The highest BCUT2D eigenvalue weighted by Gasteiger charge is 2.48. The summed E-state index contributed by atoms with van der Waals surface area (Å²) >= 11 is 0. The molecule has 0 aromatic heterocycles. The minimum atomic E-state index is -1.95. The predicted octanol–water partition coefficient (Wildman–Crippen LogP) is 5.50. The maximum Gasteiger partial charge on any atom is 0.200 e. The Morgan fingerprint density at radius 3 is 2.08 bits per heavy atom. The monoisotopic (exact) mass is 362 g/mol. The van der Waals surface area contributed by atoms with Crippen molar-refractivity contribution in [2.75, 3.05) is 0 Å². The van der Waals surface area contributed by atoms with Gasteiger partial charge in [-0.05, 0) is 22.2 Å². The first-order valence-electron chi connectivity index (χ1n) is 9.63. The lowest BCUT2D eigenvalue weighted by Gasteiger charge is -2.44. The first-order chi connectivity index (χ1) is 11.8. The minimum absolute atomic E-state index is 0.0205. The normalized spacial score (nSPS) is 21.7. The lowest BCUT2D eigenvalue weighted by molar-refractivity contribution is -0.128. The highest BCUT2D eigenvalue weighted by Crippen LogP contribution is 2.44. The second kappa shape index (κ2) is 8.61. The van der Waals surface area contributed by atoms with E-state index in [4.69, 9.17) is 9.16 Å². The molecule has 2 atom stereocenters. The summed E-state index contributed by atoms with van der Waals surface area (Å²) in [5.74, 6) is 0.195. The molecular formula is C21H34O3Si. The standard InChI is InChI=1S/C21H34O3Si/c1-15(2)25(16(3)4,17(5)6)24-19-12-20(22)21(13-19)23-14-18-10-8-7-9-11-18/h7-11,15-17,19,21H,12-14H2,1-6H3. The van der Waals surface area contributed by atoms with Crippen molar-refractivity contribution in [2.45, 2.75) is 89.8 Å². The van der Waals surface area contributed by atoms with E-state index in [-0.39, 0.29) is 18.0 Å². The van der Waals surface area contributed by atoms with Gasteiger partial charge in [-0.3, -0.25) is 4.79 Å². The van der Waals surface area contributed by atoms with Crippen molar-refractivity contribution in [3.05, 3.63) is 35.9 Å². The van der Waals surface area contributed by atoms with Gasteiger partial charge in [0.05, 0.1) is 12.7 Å². The molecule has 1 saturated carbocycles. The number of benzene rings is 1. The molecule has 0 N–H and O–H groups in total. The van der Waals surface area contributed by atoms with E-state index in [1.54, 1.807) is 0 Å². The fourth-order valence-electron chi connectivity index (χ4n) is 4.53. The third-order valence-electron chi connectivity index (χ3n) is 5.64. The second-order valence-corrected chi connectivity index (χ2v) is 13.7. The summed E-state index contributed by atoms with van der Waals surface area (Å²) in [4.78, 5) is 12.4. The zero-order chi connectivity index (χ0) is 18.6. The number of ketones is 1. The Morgan fingerprint density at radius 2 is 1.56 bits per heavy atom. The van der Waals surface area contributed by atoms with Crippen LogP contribution in [0.1, 0.15) is 59.9 Å². The quantitative estimate of drug-likeness (QED) is 0.573. The van der Waals surface area contributed by atoms with Crippen LogP contribution < -0.4 is 0 Å². The van der Waals surface area contributed by atoms with Gasteiger partial charge >= 0.3 is 0 Å². The molecule has 3 nitrogen and oxygen atoms in total. The van der Waals surface area contributed by atoms with Crippen LogP contribution in [0, 0.1) is 0 Å². The number of hydrogen-bond acceptors (Lipinski definition) is 3. The van der Waals surface area contributed by atoms with E-state index >= 15 is 0 Å². The molecule has 0 radical (unpaired) electrons. The summed E-state index contributed by atoms with van der Waals surface area (Å²) in [7, 11) is -1.95. The van der Waals surface area contributed by atoms with E-state index in [2.05, 4.69) is 41.5 Å². The minimum Gasteiger partial charge on any atom is -0.413 e. The molecule has 0 saturated heterocycles. The smallest absolute Gasteiger partial charge is 0.200 e. The van der Waals surface area contributed by atoms with Gasteiger partial charge in [0.15, 0.2) is 5.78 Å². The fraction of sp³-hybridized carbons (Fsp3) is 0.667. The zero-order valence-corrected chi connectivity index (χ0v) is 17.6. The van der Waals surface area contributed by atoms with Crippen LogP contribution in [0.25, 0.3) is 0 Å². The summed E-state index contributed by atoms with van der Waals surface area (Å²) in [5, 5.41) is 0. The van der Waals surface area contributed by atoms with Gasteiger partial charge < -0.3 is 9.16 Å². The van der Waals surface area contributed by atoms with Gasteiger partial charge in [-0.15, -0.1) is 0 Å². The molecule has 140 valence electrons. The highest BCUT2D eigenvalue weighted by atomic mass is 28.4. The van der Waals surface area contributed by atoms with Gasteiger partial charge in [-0.2, -0.15) is 0 Å². The summed E-state index contributed by atoms with van der Waals surface area (Å²) in [6.07, 6.45) is 0.906. The number of carbonyl (C=O) groups is 1. The van der Waals surface area contributed by atoms with Crippen LogP contribution in [-0.2, 0) is 20.6 Å². The van der Waals surface area contributed by atoms with E-state index in [0.717, 1.165) is 5.56 Å². The molecule has 0 amide bonds. The van der Waals surface area contributed by atoms with E-state index in [1.807, 2.05) is 30.3 Å². The number of rotatable bonds is 8. The summed E-state index contributed by atoms with van der Waals surface area (Å²) in [5.41, 5.74) is 2.71. The van der Waals surface area contributed by atoms with E-state index in [9.17, 15) is 4.79 Å². The van der Waals surface area contributed by atoms with Crippen molar-refractivity contribution >= 4 is 14.1 Å². The Hall–Kier alpha value is -0.973. The molecule has 1 aromatic carbocycles. The zero-order valence-electron chi connectivity index (χ0n) is 16.6. The number of hydrogen-bond donors (Lipinski definition) is 0. The van der Waals surface area contributed by atoms with E-state index in [0.29, 0.717) is 36.1 Å². The number of Topliss-reactive ketones (excluding diaryl/α,β-unsaturated/α-hetero) is 1. The molecule has 0 heterocycles. The molecular weight excluding hydrogens is 328 g/mol. The Balaban J connectivity index is 2.01. The van der Waals surface area contributed by atoms with Crippen LogP contribution in [0.4, 0.5) is 0 Å². The van der Waals surface area contributed by atoms with Crippen LogP contribution in [-0.4, -0.2) is 26.3 Å². The molecule has 0 aliphatic heterocycles. The van der Waals surface area contributed by atoms with Gasteiger partial charge in [0, 0.05) is 12.8 Å². The van der Waals surface area contributed by atoms with Gasteiger partial charge in [-0.1, -0.05) is 71.9 Å². The average Bonchev–Trinajstić information content (AvgIpc) is 2.90. The van der Waals surface area contributed by atoms with Crippen LogP contribution >= 0.6 is 0 Å². The third-order valence-corrected chi connectivity index (χ3v) is 11.8. The largest absolute Gasteiger partial charge is 0.413 e. The molecule has 0 bridgehead atoms. The summed E-state index contributed by atoms with van der Waals surface area (Å²) in [6, 6.07) is 10.0. The number of ether oxygens (including phenoxy) is 1. The molecule has 1 aromatic rings. The average molecular weight is 363 g/mol. The molecule has 0 spiro atoms. The van der Waals surface area contributed by atoms with Crippen LogP contribution in [0.2, 0.25) is 16.6 Å². The Kier molecular flexibility index (Phi) is 7.00. The van der Waals surface area contributed by atoms with Crippen molar-refractivity contribution in [2.24, 2.45) is 0 Å². The predicted molar refractivity (Wildman–Crippen MR) is 105 cm³/mol. The second-order valence-electron chi connectivity index (χ2n) is 8.25. The molecule has 1 aliphatic rings. The van der Waals surface area contributed by atoms with Crippen molar-refractivity contribution in [3.8, 4) is 0 Å². The van der Waals surface area contributed by atoms with Gasteiger partial charge in [0.2, 0.25) is 8.32 Å². The van der Waals surface area contributed by atoms with Crippen molar-refractivity contribution in [3.63, 3.8) is 0 Å². The molecule has 4 heteroatoms.